The van der Waals surface area contributed by atoms with E-state index in [0.29, 0.717) is 26.8 Å². The lowest BCUT2D eigenvalue weighted by Crippen LogP contribution is -2.03. The second-order valence-electron chi connectivity index (χ2n) is 6.74. The predicted octanol–water partition coefficient (Wildman–Crippen LogP) is 5.76. The molecule has 2 heterocycles. The Morgan fingerprint density at radius 3 is 2.84 bits per heavy atom. The minimum Gasteiger partial charge on any atom is -0.422 e. The van der Waals surface area contributed by atoms with Crippen LogP contribution in [0.4, 0.5) is 11.4 Å². The predicted molar refractivity (Wildman–Crippen MR) is 124 cm³/mol. The number of non-ortho nitro benzene ring substituents is 1. The van der Waals surface area contributed by atoms with Gasteiger partial charge in [-0.25, -0.2) is 9.78 Å². The van der Waals surface area contributed by atoms with Gasteiger partial charge in [0.05, 0.1) is 16.2 Å². The Labute approximate surface area is 190 Å². The Balaban J connectivity index is 1.67. The van der Waals surface area contributed by atoms with Gasteiger partial charge >= 0.3 is 5.63 Å². The average molecular weight is 465 g/mol. The smallest absolute Gasteiger partial charge is 0.345 e. The van der Waals surface area contributed by atoms with Crippen molar-refractivity contribution in [1.29, 1.82) is 5.26 Å². The van der Waals surface area contributed by atoms with Crippen LogP contribution in [-0.2, 0) is 0 Å². The summed E-state index contributed by atoms with van der Waals surface area (Å²) in [5.74, 6) is 0. The first-order chi connectivity index (χ1) is 15.4. The molecule has 0 amide bonds. The maximum absolute atomic E-state index is 12.4. The van der Waals surface area contributed by atoms with E-state index in [-0.39, 0.29) is 22.4 Å². The molecule has 0 bridgehead atoms. The van der Waals surface area contributed by atoms with Gasteiger partial charge in [0.25, 0.3) is 5.69 Å². The molecule has 8 nitrogen and oxygen atoms in total. The van der Waals surface area contributed by atoms with Gasteiger partial charge in [-0.3, -0.25) is 10.1 Å². The van der Waals surface area contributed by atoms with Crippen LogP contribution in [-0.4, -0.2) is 9.91 Å². The molecular weight excluding hydrogens is 452 g/mol. The molecule has 1 N–H and O–H groups in total. The summed E-state index contributed by atoms with van der Waals surface area (Å²) < 4.78 is 5.29. The number of nitriles is 1. The first-order valence-electron chi connectivity index (χ1n) is 9.17. The number of nitrogens with zero attached hydrogens (tertiary/aromatic N) is 3. The minimum atomic E-state index is -0.627. The first-order valence-corrected chi connectivity index (χ1v) is 10.4. The van der Waals surface area contributed by atoms with Gasteiger partial charge in [0.15, 0.2) is 0 Å². The van der Waals surface area contributed by atoms with E-state index in [4.69, 9.17) is 16.0 Å². The zero-order valence-corrected chi connectivity index (χ0v) is 18.0. The molecule has 10 heteroatoms. The molecule has 0 aliphatic carbocycles. The summed E-state index contributed by atoms with van der Waals surface area (Å²) in [6.45, 7) is 1.89. The number of nitro groups is 1. The fourth-order valence-electron chi connectivity index (χ4n) is 2.90. The average Bonchev–Trinajstić information content (AvgIpc) is 3.25. The number of hydrogen-bond acceptors (Lipinski definition) is 8. The number of fused-ring (bicyclic) bond motifs is 1. The van der Waals surface area contributed by atoms with E-state index in [1.807, 2.05) is 19.1 Å². The van der Waals surface area contributed by atoms with Crippen molar-refractivity contribution >= 4 is 50.9 Å². The highest BCUT2D eigenvalue weighted by molar-refractivity contribution is 7.11. The second-order valence-corrected chi connectivity index (χ2v) is 8.01. The summed E-state index contributed by atoms with van der Waals surface area (Å²) in [7, 11) is 0. The van der Waals surface area contributed by atoms with Crippen LogP contribution in [0, 0.1) is 28.4 Å². The molecule has 2 aromatic carbocycles. The van der Waals surface area contributed by atoms with Crippen molar-refractivity contribution < 1.29 is 9.34 Å². The monoisotopic (exact) mass is 464 g/mol. The van der Waals surface area contributed by atoms with Gasteiger partial charge in [-0.15, -0.1) is 11.3 Å². The van der Waals surface area contributed by atoms with Crippen LogP contribution in [0.15, 0.2) is 63.3 Å². The largest absolute Gasteiger partial charge is 0.422 e. The lowest BCUT2D eigenvalue weighted by molar-refractivity contribution is -0.384. The molecule has 0 saturated carbocycles. The quantitative estimate of drug-likeness (QED) is 0.172. The molecule has 0 spiro atoms. The number of rotatable bonds is 5. The normalized spacial score (nSPS) is 11.3. The van der Waals surface area contributed by atoms with E-state index in [2.05, 4.69) is 16.4 Å². The van der Waals surface area contributed by atoms with Crippen molar-refractivity contribution in [3.05, 3.63) is 90.2 Å². The molecule has 0 saturated heterocycles. The lowest BCUT2D eigenvalue weighted by atomic mass is 10.1. The molecule has 0 radical (unpaired) electrons. The Hall–Kier alpha value is -4.00. The summed E-state index contributed by atoms with van der Waals surface area (Å²) in [6.07, 6.45) is 1.51. The number of anilines is 1. The maximum atomic E-state index is 12.4. The van der Waals surface area contributed by atoms with Crippen molar-refractivity contribution in [2.45, 2.75) is 6.92 Å². The van der Waals surface area contributed by atoms with Gasteiger partial charge in [-0.05, 0) is 36.8 Å². The van der Waals surface area contributed by atoms with Gasteiger partial charge < -0.3 is 9.73 Å². The molecule has 0 atom stereocenters. The molecule has 0 aliphatic heterocycles. The van der Waals surface area contributed by atoms with Crippen LogP contribution in [0.25, 0.3) is 27.8 Å². The van der Waals surface area contributed by atoms with E-state index in [9.17, 15) is 20.2 Å². The van der Waals surface area contributed by atoms with Crippen LogP contribution < -0.4 is 10.9 Å². The van der Waals surface area contributed by atoms with Crippen molar-refractivity contribution in [3.63, 3.8) is 0 Å². The number of aryl methyl sites for hydroxylation is 1. The molecule has 0 unspecified atom stereocenters. The third kappa shape index (κ3) is 4.23. The van der Waals surface area contributed by atoms with Crippen LogP contribution in [0.1, 0.15) is 10.6 Å². The molecule has 4 rings (SSSR count). The summed E-state index contributed by atoms with van der Waals surface area (Å²) >= 11 is 7.31. The van der Waals surface area contributed by atoms with Crippen LogP contribution in [0.2, 0.25) is 5.02 Å². The fourth-order valence-corrected chi connectivity index (χ4v) is 3.87. The second kappa shape index (κ2) is 8.63. The van der Waals surface area contributed by atoms with E-state index in [0.717, 1.165) is 5.56 Å². The highest BCUT2D eigenvalue weighted by Gasteiger charge is 2.15. The third-order valence-electron chi connectivity index (χ3n) is 4.61. The Kier molecular flexibility index (Phi) is 5.73. The number of halogens is 1. The fraction of sp³-hybridized carbons (Fsp3) is 0.0455. The molecule has 0 fully saturated rings. The van der Waals surface area contributed by atoms with Crippen molar-refractivity contribution in [1.82, 2.24) is 4.98 Å². The summed E-state index contributed by atoms with van der Waals surface area (Å²) in [6, 6.07) is 13.0. The van der Waals surface area contributed by atoms with Crippen molar-refractivity contribution in [2.75, 3.05) is 5.32 Å². The van der Waals surface area contributed by atoms with E-state index < -0.39 is 10.5 Å². The number of allylic oxidation sites excluding steroid dienone is 1. The number of hydrogen-bond donors (Lipinski definition) is 1. The SMILES string of the molecule is Cc1ccc(NC=C(C#N)c2nc(-c3cc4cc([N+](=O)[O-])ccc4oc3=O)cs2)cc1Cl. The van der Waals surface area contributed by atoms with Gasteiger partial charge in [0.2, 0.25) is 0 Å². The highest BCUT2D eigenvalue weighted by Crippen LogP contribution is 2.28. The molecular formula is C22H13ClN4O4S. The van der Waals surface area contributed by atoms with Crippen LogP contribution >= 0.6 is 22.9 Å². The van der Waals surface area contributed by atoms with Gasteiger partial charge in [0, 0.05) is 39.8 Å². The Morgan fingerprint density at radius 2 is 2.12 bits per heavy atom. The Bertz CT molecular complexity index is 1500. The van der Waals surface area contributed by atoms with Gasteiger partial charge in [0.1, 0.15) is 22.2 Å². The van der Waals surface area contributed by atoms with Crippen molar-refractivity contribution in [3.8, 4) is 17.3 Å². The van der Waals surface area contributed by atoms with E-state index in [1.54, 1.807) is 11.4 Å². The molecule has 2 aromatic heterocycles. The van der Waals surface area contributed by atoms with Gasteiger partial charge in [-0.1, -0.05) is 17.7 Å². The molecule has 4 aromatic rings. The van der Waals surface area contributed by atoms with Gasteiger partial charge in [-0.2, -0.15) is 5.26 Å². The van der Waals surface area contributed by atoms with Crippen LogP contribution in [0.5, 0.6) is 0 Å². The highest BCUT2D eigenvalue weighted by atomic mass is 35.5. The number of benzene rings is 2. The summed E-state index contributed by atoms with van der Waals surface area (Å²) in [5.41, 5.74) is 1.86. The van der Waals surface area contributed by atoms with E-state index >= 15 is 0 Å². The number of aromatic nitrogens is 1. The number of nitro benzene ring substituents is 1. The summed E-state index contributed by atoms with van der Waals surface area (Å²) in [4.78, 5) is 27.3. The minimum absolute atomic E-state index is 0.117. The molecule has 158 valence electrons. The lowest BCUT2D eigenvalue weighted by Gasteiger charge is -2.04. The molecule has 32 heavy (non-hydrogen) atoms. The first kappa shape index (κ1) is 21.2. The summed E-state index contributed by atoms with van der Waals surface area (Å²) in [5, 5.41) is 26.6. The number of nitrogens with one attached hydrogen (secondary N) is 1. The van der Waals surface area contributed by atoms with Crippen molar-refractivity contribution in [2.24, 2.45) is 0 Å². The Morgan fingerprint density at radius 1 is 1.31 bits per heavy atom. The van der Waals surface area contributed by atoms with E-state index in [1.165, 1.54) is 41.8 Å². The van der Waals surface area contributed by atoms with Crippen LogP contribution in [0.3, 0.4) is 0 Å². The topological polar surface area (TPSA) is 122 Å². The standard InChI is InChI=1S/C22H13ClN4O4S/c1-12-2-3-15(8-18(12)23)25-10-14(9-24)21-26-19(11-32-21)17-7-13-6-16(27(29)30)4-5-20(13)31-22(17)28/h2-8,10-11,25H,1H3. The zero-order valence-electron chi connectivity index (χ0n) is 16.5. The number of thiazole rings is 1. The third-order valence-corrected chi connectivity index (χ3v) is 5.90. The zero-order chi connectivity index (χ0) is 22.8. The molecule has 0 aliphatic rings. The maximum Gasteiger partial charge on any atom is 0.345 e.